The zero-order valence-electron chi connectivity index (χ0n) is 4.21. The summed E-state index contributed by atoms with van der Waals surface area (Å²) in [5.74, 6) is -1.69. The highest BCUT2D eigenvalue weighted by molar-refractivity contribution is 14.1. The Bertz CT molecular complexity index is 285. The van der Waals surface area contributed by atoms with E-state index in [1.54, 1.807) is 0 Å². The van der Waals surface area contributed by atoms with Gasteiger partial charge in [0.05, 0.1) is 22.9 Å². The molecule has 0 spiro atoms. The lowest BCUT2D eigenvalue weighted by molar-refractivity contribution is -0.142. The SMILES string of the molecule is O=C1N(I)S(=O)(=O)C1(F)F. The van der Waals surface area contributed by atoms with Gasteiger partial charge in [-0.2, -0.15) is 19.7 Å². The highest BCUT2D eigenvalue weighted by Gasteiger charge is 2.69. The monoisotopic (exact) mass is 283 g/mol. The van der Waals surface area contributed by atoms with Gasteiger partial charge in [-0.3, -0.25) is 4.79 Å². The molecule has 10 heavy (non-hydrogen) atoms. The first-order valence-electron chi connectivity index (χ1n) is 1.94. The Morgan fingerprint density at radius 2 is 1.90 bits per heavy atom. The van der Waals surface area contributed by atoms with E-state index in [9.17, 15) is 22.0 Å². The van der Waals surface area contributed by atoms with Crippen LogP contribution >= 0.6 is 22.9 Å². The van der Waals surface area contributed by atoms with Gasteiger partial charge in [0.25, 0.3) is 0 Å². The molecular formula is C2F2INO3S. The lowest BCUT2D eigenvalue weighted by Gasteiger charge is -2.30. The lowest BCUT2D eigenvalue weighted by atomic mass is 10.7. The molecule has 0 aromatic heterocycles. The number of halogens is 3. The maximum absolute atomic E-state index is 12.0. The van der Waals surface area contributed by atoms with Gasteiger partial charge >= 0.3 is 21.2 Å². The molecule has 1 aliphatic rings. The molecule has 0 aromatic carbocycles. The van der Waals surface area contributed by atoms with Gasteiger partial charge in [0.2, 0.25) is 0 Å². The summed E-state index contributed by atoms with van der Waals surface area (Å²) >= 11 is 1.00. The van der Waals surface area contributed by atoms with Gasteiger partial charge in [0, 0.05) is 0 Å². The van der Waals surface area contributed by atoms with E-state index in [4.69, 9.17) is 0 Å². The van der Waals surface area contributed by atoms with Crippen molar-refractivity contribution in [1.29, 1.82) is 0 Å². The van der Waals surface area contributed by atoms with Crippen LogP contribution in [0.25, 0.3) is 0 Å². The molecule has 0 aromatic rings. The van der Waals surface area contributed by atoms with Crippen molar-refractivity contribution < 1.29 is 22.0 Å². The molecule has 0 unspecified atom stereocenters. The molecule has 0 bridgehead atoms. The second-order valence-corrected chi connectivity index (χ2v) is 4.99. The summed E-state index contributed by atoms with van der Waals surface area (Å²) in [6, 6.07) is 0. The van der Waals surface area contributed by atoms with Gasteiger partial charge in [0.15, 0.2) is 0 Å². The minimum absolute atomic E-state index is 0.00917. The quantitative estimate of drug-likeness (QED) is 0.468. The molecule has 0 radical (unpaired) electrons. The third kappa shape index (κ3) is 0.629. The molecule has 1 heterocycles. The highest BCUT2D eigenvalue weighted by Crippen LogP contribution is 2.40. The average molecular weight is 283 g/mol. The lowest BCUT2D eigenvalue weighted by Crippen LogP contribution is -2.61. The van der Waals surface area contributed by atoms with Crippen LogP contribution in [0.5, 0.6) is 0 Å². The maximum atomic E-state index is 12.0. The van der Waals surface area contributed by atoms with E-state index in [1.807, 2.05) is 0 Å². The van der Waals surface area contributed by atoms with Gasteiger partial charge in [0.1, 0.15) is 0 Å². The predicted octanol–water partition coefficient (Wildman–Crippen LogP) is 0.101. The van der Waals surface area contributed by atoms with Crippen molar-refractivity contribution in [2.45, 2.75) is 5.25 Å². The summed E-state index contributed by atoms with van der Waals surface area (Å²) in [5, 5.41) is -4.20. The van der Waals surface area contributed by atoms with Crippen molar-refractivity contribution in [1.82, 2.24) is 2.52 Å². The van der Waals surface area contributed by atoms with Gasteiger partial charge in [-0.1, -0.05) is 0 Å². The normalized spacial score (nSPS) is 27.9. The molecule has 0 saturated carbocycles. The van der Waals surface area contributed by atoms with Crippen LogP contribution in [-0.4, -0.2) is 22.1 Å². The Balaban J connectivity index is 3.17. The molecule has 1 fully saturated rings. The minimum atomic E-state index is -4.65. The zero-order valence-corrected chi connectivity index (χ0v) is 7.19. The standard InChI is InChI=1S/C2F2INO3S/c3-2(4)1(7)6(5)10(2,8)9. The molecule has 0 N–H and O–H groups in total. The number of rotatable bonds is 0. The van der Waals surface area contributed by atoms with Crippen LogP contribution in [0.4, 0.5) is 8.78 Å². The third-order valence-corrected chi connectivity index (χ3v) is 4.35. The van der Waals surface area contributed by atoms with Crippen LogP contribution in [0.15, 0.2) is 0 Å². The molecule has 1 aliphatic heterocycles. The zero-order chi connectivity index (χ0) is 8.15. The Morgan fingerprint density at radius 1 is 1.50 bits per heavy atom. The van der Waals surface area contributed by atoms with E-state index >= 15 is 0 Å². The Kier molecular flexibility index (Phi) is 1.45. The summed E-state index contributed by atoms with van der Waals surface area (Å²) in [4.78, 5) is 10.1. The smallest absolute Gasteiger partial charge is 0.265 e. The average Bonchev–Trinajstić information content (AvgIpc) is 1.84. The van der Waals surface area contributed by atoms with Crippen LogP contribution in [-0.2, 0) is 14.8 Å². The van der Waals surface area contributed by atoms with Crippen LogP contribution in [0.1, 0.15) is 0 Å². The highest BCUT2D eigenvalue weighted by atomic mass is 127. The van der Waals surface area contributed by atoms with Gasteiger partial charge < -0.3 is 0 Å². The molecule has 1 saturated heterocycles. The molecule has 0 aliphatic carbocycles. The van der Waals surface area contributed by atoms with E-state index < -0.39 is 21.2 Å². The summed E-state index contributed by atoms with van der Waals surface area (Å²) in [5.41, 5.74) is 0. The van der Waals surface area contributed by atoms with Crippen molar-refractivity contribution >= 4 is 38.8 Å². The third-order valence-electron chi connectivity index (χ3n) is 0.944. The molecular weight excluding hydrogens is 283 g/mol. The van der Waals surface area contributed by atoms with E-state index in [2.05, 4.69) is 0 Å². The number of alkyl halides is 2. The number of carbonyl (C=O) groups is 1. The number of nitrogens with zero attached hydrogens (tertiary/aromatic N) is 1. The van der Waals surface area contributed by atoms with E-state index in [1.165, 1.54) is 0 Å². The Morgan fingerprint density at radius 3 is 2.00 bits per heavy atom. The van der Waals surface area contributed by atoms with E-state index in [0.717, 1.165) is 22.9 Å². The maximum Gasteiger partial charge on any atom is 0.443 e. The molecule has 4 nitrogen and oxygen atoms in total. The predicted molar refractivity (Wildman–Crippen MR) is 34.7 cm³/mol. The van der Waals surface area contributed by atoms with E-state index in [0.29, 0.717) is 0 Å². The first-order chi connectivity index (χ1) is 4.32. The summed E-state index contributed by atoms with van der Waals surface area (Å²) in [6.45, 7) is 0. The van der Waals surface area contributed by atoms with Crippen LogP contribution < -0.4 is 0 Å². The molecule has 0 atom stereocenters. The van der Waals surface area contributed by atoms with Crippen molar-refractivity contribution in [3.63, 3.8) is 0 Å². The summed E-state index contributed by atoms with van der Waals surface area (Å²) < 4.78 is 44.4. The molecule has 8 heteroatoms. The minimum Gasteiger partial charge on any atom is -0.265 e. The van der Waals surface area contributed by atoms with Crippen molar-refractivity contribution in [3.8, 4) is 0 Å². The molecule has 1 amide bonds. The number of carbonyl (C=O) groups excluding carboxylic acids is 1. The Labute approximate surface area is 68.7 Å². The van der Waals surface area contributed by atoms with Gasteiger partial charge in [-0.15, -0.1) is 0 Å². The largest absolute Gasteiger partial charge is 0.443 e. The second kappa shape index (κ2) is 1.78. The summed E-state index contributed by atoms with van der Waals surface area (Å²) in [6.07, 6.45) is 0. The fraction of sp³-hybridized carbons (Fsp3) is 0.500. The number of sulfonamides is 1. The second-order valence-electron chi connectivity index (χ2n) is 1.54. The number of hydrogen-bond acceptors (Lipinski definition) is 3. The van der Waals surface area contributed by atoms with E-state index in [-0.39, 0.29) is 2.52 Å². The number of amides is 1. The van der Waals surface area contributed by atoms with Crippen LogP contribution in [0, 0.1) is 0 Å². The Hall–Kier alpha value is 0.01000. The van der Waals surface area contributed by atoms with Crippen molar-refractivity contribution in [3.05, 3.63) is 0 Å². The first-order valence-corrected chi connectivity index (χ1v) is 4.35. The topological polar surface area (TPSA) is 54.5 Å². The number of hydrogen-bond donors (Lipinski definition) is 0. The first kappa shape index (κ1) is 8.11. The fourth-order valence-corrected chi connectivity index (χ4v) is 2.31. The fourth-order valence-electron chi connectivity index (χ4n) is 0.383. The van der Waals surface area contributed by atoms with Gasteiger partial charge in [-0.25, -0.2) is 0 Å². The van der Waals surface area contributed by atoms with Crippen LogP contribution in [0.2, 0.25) is 0 Å². The van der Waals surface area contributed by atoms with Crippen molar-refractivity contribution in [2.75, 3.05) is 0 Å². The van der Waals surface area contributed by atoms with Crippen LogP contribution in [0.3, 0.4) is 0 Å². The van der Waals surface area contributed by atoms with Crippen molar-refractivity contribution in [2.24, 2.45) is 0 Å². The van der Waals surface area contributed by atoms with Gasteiger partial charge in [-0.05, 0) is 0 Å². The molecule has 1 rings (SSSR count). The summed E-state index contributed by atoms with van der Waals surface area (Å²) in [7, 11) is -4.65. The molecule has 58 valence electrons.